The highest BCUT2D eigenvalue weighted by atomic mass is 35.5. The van der Waals surface area contributed by atoms with Crippen molar-refractivity contribution in [3.8, 4) is 0 Å². The Kier molecular flexibility index (Phi) is 4.27. The maximum absolute atomic E-state index is 12.0. The Balaban J connectivity index is 1.54. The maximum Gasteiger partial charge on any atom is 0.211 e. The summed E-state index contributed by atoms with van der Waals surface area (Å²) < 4.78 is 5.14. The number of ketones is 1. The van der Waals surface area contributed by atoms with E-state index in [2.05, 4.69) is 15.9 Å². The van der Waals surface area contributed by atoms with Gasteiger partial charge in [0.15, 0.2) is 5.76 Å². The fourth-order valence-electron chi connectivity index (χ4n) is 2.56. The average Bonchev–Trinajstić information content (AvgIpc) is 3.02. The van der Waals surface area contributed by atoms with Crippen LogP contribution in [0.3, 0.4) is 0 Å². The molecule has 0 atom stereocenters. The van der Waals surface area contributed by atoms with Crippen LogP contribution in [0, 0.1) is 0 Å². The van der Waals surface area contributed by atoms with Crippen molar-refractivity contribution in [2.45, 2.75) is 0 Å². The standard InChI is InChI=1S/C16H17ClN2O2/c17-13-3-1-4-14(11-13)19-8-6-18(7-9-19)12-15(20)16-5-2-10-21-16/h1-5,10-11H,6-9,12H2. The van der Waals surface area contributed by atoms with Crippen molar-refractivity contribution in [2.75, 3.05) is 37.6 Å². The van der Waals surface area contributed by atoms with Gasteiger partial charge in [0.1, 0.15) is 0 Å². The zero-order valence-electron chi connectivity index (χ0n) is 11.7. The molecule has 0 amide bonds. The van der Waals surface area contributed by atoms with Gasteiger partial charge in [0.2, 0.25) is 5.78 Å². The van der Waals surface area contributed by atoms with Crippen molar-refractivity contribution in [2.24, 2.45) is 0 Å². The topological polar surface area (TPSA) is 36.7 Å². The molecule has 5 heteroatoms. The second-order valence-electron chi connectivity index (χ2n) is 5.14. The number of carbonyl (C=O) groups is 1. The first kappa shape index (κ1) is 14.2. The number of benzene rings is 1. The van der Waals surface area contributed by atoms with Crippen LogP contribution in [0.2, 0.25) is 5.02 Å². The molecule has 0 radical (unpaired) electrons. The van der Waals surface area contributed by atoms with Crippen molar-refractivity contribution in [1.82, 2.24) is 4.90 Å². The van der Waals surface area contributed by atoms with Crippen LogP contribution in [0.15, 0.2) is 47.1 Å². The number of Topliss-reactive ketones (excluding diaryl/α,β-unsaturated/α-hetero) is 1. The van der Waals surface area contributed by atoms with Crippen molar-refractivity contribution in [1.29, 1.82) is 0 Å². The summed E-state index contributed by atoms with van der Waals surface area (Å²) in [6, 6.07) is 11.3. The minimum Gasteiger partial charge on any atom is -0.461 e. The molecule has 1 aliphatic heterocycles. The summed E-state index contributed by atoms with van der Waals surface area (Å²) in [7, 11) is 0. The van der Waals surface area contributed by atoms with E-state index in [0.717, 1.165) is 36.9 Å². The molecule has 0 N–H and O–H groups in total. The fraction of sp³-hybridized carbons (Fsp3) is 0.312. The maximum atomic E-state index is 12.0. The molecular weight excluding hydrogens is 288 g/mol. The third kappa shape index (κ3) is 3.46. The lowest BCUT2D eigenvalue weighted by Gasteiger charge is -2.35. The molecule has 1 fully saturated rings. The van der Waals surface area contributed by atoms with Gasteiger partial charge in [-0.05, 0) is 30.3 Å². The summed E-state index contributed by atoms with van der Waals surface area (Å²) in [6.45, 7) is 3.92. The summed E-state index contributed by atoms with van der Waals surface area (Å²) in [5.41, 5.74) is 1.14. The number of carbonyl (C=O) groups excluding carboxylic acids is 1. The number of halogens is 1. The van der Waals surface area contributed by atoms with Gasteiger partial charge < -0.3 is 9.32 Å². The van der Waals surface area contributed by atoms with Crippen molar-refractivity contribution >= 4 is 23.1 Å². The molecule has 1 aromatic carbocycles. The van der Waals surface area contributed by atoms with Gasteiger partial charge in [0, 0.05) is 36.9 Å². The highest BCUT2D eigenvalue weighted by molar-refractivity contribution is 6.30. The third-order valence-corrected chi connectivity index (χ3v) is 3.94. The summed E-state index contributed by atoms with van der Waals surface area (Å²) in [4.78, 5) is 16.5. The second-order valence-corrected chi connectivity index (χ2v) is 5.58. The monoisotopic (exact) mass is 304 g/mol. The number of hydrogen-bond donors (Lipinski definition) is 0. The molecule has 2 aromatic rings. The van der Waals surface area contributed by atoms with Crippen LogP contribution in [-0.2, 0) is 0 Å². The molecular formula is C16H17ClN2O2. The lowest BCUT2D eigenvalue weighted by molar-refractivity contribution is 0.0899. The fourth-order valence-corrected chi connectivity index (χ4v) is 2.74. The van der Waals surface area contributed by atoms with Crippen molar-refractivity contribution in [3.05, 3.63) is 53.4 Å². The molecule has 21 heavy (non-hydrogen) atoms. The lowest BCUT2D eigenvalue weighted by atomic mass is 10.2. The molecule has 0 saturated carbocycles. The minimum atomic E-state index is 0.0382. The molecule has 110 valence electrons. The quantitative estimate of drug-likeness (QED) is 0.814. The van der Waals surface area contributed by atoms with Gasteiger partial charge in [-0.2, -0.15) is 0 Å². The molecule has 0 unspecified atom stereocenters. The first-order valence-corrected chi connectivity index (χ1v) is 7.40. The van der Waals surface area contributed by atoms with E-state index < -0.39 is 0 Å². The number of rotatable bonds is 4. The molecule has 2 heterocycles. The summed E-state index contributed by atoms with van der Waals surface area (Å²) >= 11 is 6.03. The number of hydrogen-bond acceptors (Lipinski definition) is 4. The Bertz CT molecular complexity index is 604. The van der Waals surface area contributed by atoms with Gasteiger partial charge in [-0.1, -0.05) is 17.7 Å². The summed E-state index contributed by atoms with van der Waals surface area (Å²) in [6.07, 6.45) is 1.53. The minimum absolute atomic E-state index is 0.0382. The lowest BCUT2D eigenvalue weighted by Crippen LogP contribution is -2.48. The van der Waals surface area contributed by atoms with Crippen LogP contribution in [0.5, 0.6) is 0 Å². The van der Waals surface area contributed by atoms with E-state index >= 15 is 0 Å². The van der Waals surface area contributed by atoms with Crippen LogP contribution in [0.4, 0.5) is 5.69 Å². The molecule has 0 spiro atoms. The van der Waals surface area contributed by atoms with Gasteiger partial charge in [-0.3, -0.25) is 9.69 Å². The Morgan fingerprint density at radius 1 is 1.14 bits per heavy atom. The van der Waals surface area contributed by atoms with Crippen molar-refractivity contribution in [3.63, 3.8) is 0 Å². The smallest absolute Gasteiger partial charge is 0.211 e. The van der Waals surface area contributed by atoms with E-state index in [9.17, 15) is 4.79 Å². The first-order chi connectivity index (χ1) is 10.2. The van der Waals surface area contributed by atoms with Crippen LogP contribution >= 0.6 is 11.6 Å². The van der Waals surface area contributed by atoms with E-state index in [1.807, 2.05) is 18.2 Å². The van der Waals surface area contributed by atoms with Gasteiger partial charge in [-0.25, -0.2) is 0 Å². The molecule has 1 aliphatic rings. The van der Waals surface area contributed by atoms with Crippen LogP contribution in [-0.4, -0.2) is 43.4 Å². The Labute approximate surface area is 128 Å². The number of piperazine rings is 1. The SMILES string of the molecule is O=C(CN1CCN(c2cccc(Cl)c2)CC1)c1ccco1. The highest BCUT2D eigenvalue weighted by Gasteiger charge is 2.20. The molecule has 3 rings (SSSR count). The zero-order valence-corrected chi connectivity index (χ0v) is 12.4. The highest BCUT2D eigenvalue weighted by Crippen LogP contribution is 2.20. The molecule has 0 bridgehead atoms. The summed E-state index contributed by atoms with van der Waals surface area (Å²) in [5, 5.41) is 0.753. The van der Waals surface area contributed by atoms with Crippen molar-refractivity contribution < 1.29 is 9.21 Å². The Morgan fingerprint density at radius 2 is 1.95 bits per heavy atom. The second kappa shape index (κ2) is 6.33. The van der Waals surface area contributed by atoms with Gasteiger partial charge in [-0.15, -0.1) is 0 Å². The normalized spacial score (nSPS) is 16.1. The molecule has 0 aliphatic carbocycles. The van der Waals surface area contributed by atoms with Gasteiger partial charge in [0.25, 0.3) is 0 Å². The van der Waals surface area contributed by atoms with E-state index in [4.69, 9.17) is 16.0 Å². The number of furan rings is 1. The van der Waals surface area contributed by atoms with E-state index in [1.54, 1.807) is 12.1 Å². The summed E-state index contributed by atoms with van der Waals surface area (Å²) in [5.74, 6) is 0.475. The van der Waals surface area contributed by atoms with Crippen LogP contribution in [0.25, 0.3) is 0 Å². The number of anilines is 1. The predicted molar refractivity (Wildman–Crippen MR) is 83.1 cm³/mol. The largest absolute Gasteiger partial charge is 0.461 e. The average molecular weight is 305 g/mol. The van der Waals surface area contributed by atoms with E-state index in [0.29, 0.717) is 12.3 Å². The molecule has 4 nitrogen and oxygen atoms in total. The predicted octanol–water partition coefficient (Wildman–Crippen LogP) is 2.94. The van der Waals surface area contributed by atoms with E-state index in [-0.39, 0.29) is 5.78 Å². The van der Waals surface area contributed by atoms with Crippen LogP contribution < -0.4 is 4.90 Å². The van der Waals surface area contributed by atoms with Crippen LogP contribution in [0.1, 0.15) is 10.6 Å². The van der Waals surface area contributed by atoms with Gasteiger partial charge in [0.05, 0.1) is 12.8 Å². The molecule has 1 aromatic heterocycles. The molecule has 1 saturated heterocycles. The van der Waals surface area contributed by atoms with E-state index in [1.165, 1.54) is 6.26 Å². The third-order valence-electron chi connectivity index (χ3n) is 3.71. The first-order valence-electron chi connectivity index (χ1n) is 7.02. The zero-order chi connectivity index (χ0) is 14.7. The Hall–Kier alpha value is -1.78. The number of nitrogens with zero attached hydrogens (tertiary/aromatic N) is 2. The van der Waals surface area contributed by atoms with Gasteiger partial charge >= 0.3 is 0 Å². The Morgan fingerprint density at radius 3 is 2.62 bits per heavy atom.